The van der Waals surface area contributed by atoms with Crippen molar-refractivity contribution < 1.29 is 4.39 Å². The molecule has 1 fully saturated rings. The summed E-state index contributed by atoms with van der Waals surface area (Å²) in [5.74, 6) is -0.269. The van der Waals surface area contributed by atoms with Crippen LogP contribution in [0, 0.1) is 0 Å². The smallest absolute Gasteiger partial charge is 0.122 e. The lowest BCUT2D eigenvalue weighted by Crippen LogP contribution is -2.19. The van der Waals surface area contributed by atoms with E-state index >= 15 is 0 Å². The Morgan fingerprint density at radius 2 is 2.25 bits per heavy atom. The van der Waals surface area contributed by atoms with Crippen LogP contribution in [0.5, 0.6) is 0 Å². The van der Waals surface area contributed by atoms with E-state index < -0.39 is 0 Å². The van der Waals surface area contributed by atoms with Crippen molar-refractivity contribution >= 4 is 0 Å². The molecular formula is C10H14FN. The second-order valence-electron chi connectivity index (χ2n) is 3.26. The molecule has 1 saturated carbocycles. The van der Waals surface area contributed by atoms with Gasteiger partial charge in [-0.2, -0.15) is 0 Å². The molecule has 2 N–H and O–H groups in total. The van der Waals surface area contributed by atoms with Gasteiger partial charge in [-0.25, -0.2) is 4.39 Å². The van der Waals surface area contributed by atoms with Gasteiger partial charge in [0.1, 0.15) is 5.83 Å². The van der Waals surface area contributed by atoms with Crippen LogP contribution in [0.2, 0.25) is 0 Å². The first-order valence-corrected chi connectivity index (χ1v) is 4.10. The molecule has 66 valence electrons. The van der Waals surface area contributed by atoms with Crippen molar-refractivity contribution in [2.45, 2.75) is 24.8 Å². The summed E-state index contributed by atoms with van der Waals surface area (Å²) in [5, 5.41) is 0. The van der Waals surface area contributed by atoms with Crippen LogP contribution in [0.15, 0.2) is 36.7 Å². The molecule has 0 heterocycles. The number of nitrogens with two attached hydrogens (primary N) is 1. The molecule has 0 unspecified atom stereocenters. The highest BCUT2D eigenvalue weighted by atomic mass is 19.1. The summed E-state index contributed by atoms with van der Waals surface area (Å²) in [6, 6.07) is 0. The summed E-state index contributed by atoms with van der Waals surface area (Å²) in [4.78, 5) is 0. The van der Waals surface area contributed by atoms with Crippen LogP contribution < -0.4 is 5.73 Å². The number of halogens is 1. The van der Waals surface area contributed by atoms with E-state index in [4.69, 9.17) is 5.73 Å². The predicted octanol–water partition coefficient (Wildman–Crippen LogP) is 2.46. The summed E-state index contributed by atoms with van der Waals surface area (Å²) in [6.07, 6.45) is 8.86. The second kappa shape index (κ2) is 3.68. The topological polar surface area (TPSA) is 26.0 Å². The number of allylic oxidation sites excluding steroid dienone is 4. The minimum Gasteiger partial charge on any atom is -0.325 e. The fraction of sp³-hybridized carbons (Fsp3) is 0.400. The molecule has 0 spiro atoms. The van der Waals surface area contributed by atoms with E-state index in [-0.39, 0.29) is 11.4 Å². The van der Waals surface area contributed by atoms with Crippen molar-refractivity contribution in [1.82, 2.24) is 0 Å². The quantitative estimate of drug-likeness (QED) is 0.639. The molecule has 0 atom stereocenters. The third kappa shape index (κ3) is 3.01. The zero-order valence-electron chi connectivity index (χ0n) is 7.09. The van der Waals surface area contributed by atoms with Gasteiger partial charge in [0.15, 0.2) is 0 Å². The van der Waals surface area contributed by atoms with Gasteiger partial charge in [-0.1, -0.05) is 18.7 Å². The van der Waals surface area contributed by atoms with Gasteiger partial charge in [0.25, 0.3) is 0 Å². The maximum atomic E-state index is 12.7. The van der Waals surface area contributed by atoms with E-state index in [1.807, 2.05) is 0 Å². The van der Waals surface area contributed by atoms with Gasteiger partial charge < -0.3 is 5.73 Å². The first-order valence-electron chi connectivity index (χ1n) is 4.10. The maximum Gasteiger partial charge on any atom is 0.122 e. The Morgan fingerprint density at radius 3 is 2.75 bits per heavy atom. The van der Waals surface area contributed by atoms with Crippen molar-refractivity contribution in [2.75, 3.05) is 0 Å². The van der Waals surface area contributed by atoms with Crippen LogP contribution >= 0.6 is 0 Å². The van der Waals surface area contributed by atoms with Gasteiger partial charge in [-0.05, 0) is 31.4 Å². The zero-order chi connectivity index (χ0) is 9.03. The molecular weight excluding hydrogens is 153 g/mol. The van der Waals surface area contributed by atoms with Crippen LogP contribution in [0.1, 0.15) is 19.3 Å². The van der Waals surface area contributed by atoms with E-state index in [1.165, 1.54) is 18.2 Å². The van der Waals surface area contributed by atoms with Crippen LogP contribution in [-0.4, -0.2) is 5.54 Å². The molecule has 1 rings (SSSR count). The first kappa shape index (κ1) is 9.20. The molecule has 1 aliphatic rings. The highest BCUT2D eigenvalue weighted by molar-refractivity contribution is 5.17. The van der Waals surface area contributed by atoms with Gasteiger partial charge in [0.2, 0.25) is 0 Å². The van der Waals surface area contributed by atoms with Crippen LogP contribution in [0.3, 0.4) is 0 Å². The molecule has 0 amide bonds. The van der Waals surface area contributed by atoms with Crippen molar-refractivity contribution in [3.63, 3.8) is 0 Å². The number of hydrogen-bond donors (Lipinski definition) is 1. The molecule has 12 heavy (non-hydrogen) atoms. The monoisotopic (exact) mass is 167 g/mol. The standard InChI is InChI=1S/C10H14FN/c1-2-4-9(11)5-3-6-10(12)7-8-10/h2-5H,1,6-8,12H2/b5-3-,9-4+. The summed E-state index contributed by atoms with van der Waals surface area (Å²) in [6.45, 7) is 3.39. The second-order valence-corrected chi connectivity index (χ2v) is 3.26. The van der Waals surface area contributed by atoms with Crippen LogP contribution in [-0.2, 0) is 0 Å². The van der Waals surface area contributed by atoms with Crippen molar-refractivity contribution in [3.05, 3.63) is 36.7 Å². The Morgan fingerprint density at radius 1 is 1.58 bits per heavy atom. The van der Waals surface area contributed by atoms with E-state index in [1.54, 1.807) is 6.08 Å². The lowest BCUT2D eigenvalue weighted by molar-refractivity contribution is 0.658. The molecule has 0 saturated heterocycles. The van der Waals surface area contributed by atoms with E-state index in [2.05, 4.69) is 6.58 Å². The molecule has 0 aliphatic heterocycles. The predicted molar refractivity (Wildman–Crippen MR) is 49.3 cm³/mol. The molecule has 2 heteroatoms. The Kier molecular flexibility index (Phi) is 2.82. The fourth-order valence-electron chi connectivity index (χ4n) is 0.939. The molecule has 0 aromatic rings. The molecule has 1 nitrogen and oxygen atoms in total. The van der Waals surface area contributed by atoms with E-state index in [0.717, 1.165) is 19.3 Å². The van der Waals surface area contributed by atoms with Gasteiger partial charge >= 0.3 is 0 Å². The molecule has 1 aliphatic carbocycles. The van der Waals surface area contributed by atoms with Crippen molar-refractivity contribution in [2.24, 2.45) is 5.73 Å². The molecule has 0 bridgehead atoms. The van der Waals surface area contributed by atoms with Crippen molar-refractivity contribution in [1.29, 1.82) is 0 Å². The normalized spacial score (nSPS) is 21.3. The lowest BCUT2D eigenvalue weighted by Gasteiger charge is -2.01. The molecule has 0 aromatic heterocycles. The average Bonchev–Trinajstić information content (AvgIpc) is 2.69. The SMILES string of the molecule is C=C/C=C(F)\C=C/CC1(N)CC1. The highest BCUT2D eigenvalue weighted by Gasteiger charge is 2.36. The third-order valence-electron chi connectivity index (χ3n) is 1.97. The Balaban J connectivity index is 2.30. The van der Waals surface area contributed by atoms with Crippen LogP contribution in [0.25, 0.3) is 0 Å². The van der Waals surface area contributed by atoms with Gasteiger partial charge in [0.05, 0.1) is 0 Å². The Bertz CT molecular complexity index is 224. The van der Waals surface area contributed by atoms with E-state index in [0.29, 0.717) is 0 Å². The average molecular weight is 167 g/mol. The fourth-order valence-corrected chi connectivity index (χ4v) is 0.939. The minimum absolute atomic E-state index is 0.0229. The number of rotatable bonds is 4. The summed E-state index contributed by atoms with van der Waals surface area (Å²) < 4.78 is 12.7. The first-order chi connectivity index (χ1) is 5.66. The van der Waals surface area contributed by atoms with Crippen LogP contribution in [0.4, 0.5) is 4.39 Å². The summed E-state index contributed by atoms with van der Waals surface area (Å²) >= 11 is 0. The largest absolute Gasteiger partial charge is 0.325 e. The highest BCUT2D eigenvalue weighted by Crippen LogP contribution is 2.35. The molecule has 0 radical (unpaired) electrons. The van der Waals surface area contributed by atoms with Gasteiger partial charge in [-0.3, -0.25) is 0 Å². The lowest BCUT2D eigenvalue weighted by atomic mass is 10.2. The van der Waals surface area contributed by atoms with Crippen molar-refractivity contribution in [3.8, 4) is 0 Å². The number of hydrogen-bond acceptors (Lipinski definition) is 1. The molecule has 0 aromatic carbocycles. The van der Waals surface area contributed by atoms with Gasteiger partial charge in [-0.15, -0.1) is 0 Å². The third-order valence-corrected chi connectivity index (χ3v) is 1.97. The zero-order valence-corrected chi connectivity index (χ0v) is 7.09. The maximum absolute atomic E-state index is 12.7. The Labute approximate surface area is 72.5 Å². The Hall–Kier alpha value is -0.890. The van der Waals surface area contributed by atoms with E-state index in [9.17, 15) is 4.39 Å². The summed E-state index contributed by atoms with van der Waals surface area (Å²) in [5.41, 5.74) is 5.77. The minimum atomic E-state index is -0.269. The van der Waals surface area contributed by atoms with Gasteiger partial charge in [0, 0.05) is 5.54 Å². The summed E-state index contributed by atoms with van der Waals surface area (Å²) in [7, 11) is 0.